The molecule has 0 spiro atoms. The summed E-state index contributed by atoms with van der Waals surface area (Å²) in [6.45, 7) is 2.10. The Bertz CT molecular complexity index is 1400. The number of hydrogen-bond acceptors (Lipinski definition) is 5. The Morgan fingerprint density at radius 3 is 2.44 bits per heavy atom. The Morgan fingerprint density at radius 2 is 1.75 bits per heavy atom. The molecule has 0 saturated carbocycles. The first-order valence-electron chi connectivity index (χ1n) is 10.2. The first-order chi connectivity index (χ1) is 15.5. The molecule has 3 aromatic carbocycles. The van der Waals surface area contributed by atoms with Gasteiger partial charge in [0.2, 0.25) is 5.78 Å². The highest BCUT2D eigenvalue weighted by Crippen LogP contribution is 2.36. The number of aromatic nitrogens is 3. The fraction of sp³-hybridized carbons (Fsp3) is 0.0800. The number of nitrogen functional groups attached to an aromatic ring is 1. The molecule has 0 aliphatic rings. The summed E-state index contributed by atoms with van der Waals surface area (Å²) in [5, 5.41) is 6.00. The van der Waals surface area contributed by atoms with Gasteiger partial charge in [0.1, 0.15) is 16.4 Å². The van der Waals surface area contributed by atoms with Gasteiger partial charge in [-0.1, -0.05) is 42.8 Å². The van der Waals surface area contributed by atoms with Gasteiger partial charge >= 0.3 is 0 Å². The summed E-state index contributed by atoms with van der Waals surface area (Å²) in [6, 6.07) is 22.6. The number of aryl methyl sites for hydroxylation is 1. The number of carbonyl (C=O) groups is 1. The van der Waals surface area contributed by atoms with Crippen molar-refractivity contribution in [2.45, 2.75) is 13.3 Å². The molecule has 5 nitrogen and oxygen atoms in total. The number of halogens is 1. The SMILES string of the molecule is CCc1ccc(-n2nc(-c3nc4ccccc4s3)c(N)c2C(=O)c2ccc(Cl)cc2)cc1. The predicted octanol–water partition coefficient (Wildman–Crippen LogP) is 6.18. The Hall–Kier alpha value is -3.48. The second-order valence-electron chi connectivity index (χ2n) is 7.37. The van der Waals surface area contributed by atoms with Gasteiger partial charge in [0.25, 0.3) is 0 Å². The third-order valence-electron chi connectivity index (χ3n) is 5.33. The van der Waals surface area contributed by atoms with Crippen LogP contribution in [-0.4, -0.2) is 20.5 Å². The van der Waals surface area contributed by atoms with Crippen molar-refractivity contribution >= 4 is 44.6 Å². The van der Waals surface area contributed by atoms with Crippen LogP contribution in [0.1, 0.15) is 28.5 Å². The van der Waals surface area contributed by atoms with E-state index in [1.807, 2.05) is 48.5 Å². The smallest absolute Gasteiger partial charge is 0.213 e. The van der Waals surface area contributed by atoms with Crippen LogP contribution in [-0.2, 0) is 6.42 Å². The average Bonchev–Trinajstić information content (AvgIpc) is 3.40. The molecule has 0 atom stereocenters. The molecule has 0 aliphatic heterocycles. The monoisotopic (exact) mass is 458 g/mol. The number of nitrogens with two attached hydrogens (primary N) is 1. The fourth-order valence-electron chi connectivity index (χ4n) is 3.58. The van der Waals surface area contributed by atoms with E-state index in [1.54, 1.807) is 28.9 Å². The quantitative estimate of drug-likeness (QED) is 0.319. The Balaban J connectivity index is 1.70. The summed E-state index contributed by atoms with van der Waals surface area (Å²) >= 11 is 7.51. The molecule has 0 fully saturated rings. The molecule has 5 rings (SSSR count). The van der Waals surface area contributed by atoms with Gasteiger partial charge in [0.15, 0.2) is 0 Å². The molecule has 0 amide bonds. The average molecular weight is 459 g/mol. The third kappa shape index (κ3) is 3.57. The number of nitrogens with zero attached hydrogens (tertiary/aromatic N) is 3. The zero-order valence-electron chi connectivity index (χ0n) is 17.2. The lowest BCUT2D eigenvalue weighted by Crippen LogP contribution is -2.12. The maximum absolute atomic E-state index is 13.5. The van der Waals surface area contributed by atoms with Gasteiger partial charge < -0.3 is 5.73 Å². The van der Waals surface area contributed by atoms with Gasteiger partial charge in [-0.25, -0.2) is 9.67 Å². The van der Waals surface area contributed by atoms with E-state index in [2.05, 4.69) is 6.92 Å². The largest absolute Gasteiger partial charge is 0.395 e. The highest BCUT2D eigenvalue weighted by Gasteiger charge is 2.26. The van der Waals surface area contributed by atoms with Gasteiger partial charge in [-0.3, -0.25) is 4.79 Å². The van der Waals surface area contributed by atoms with Crippen LogP contribution in [0.15, 0.2) is 72.8 Å². The number of benzene rings is 3. The normalized spacial score (nSPS) is 11.2. The van der Waals surface area contributed by atoms with Crippen molar-refractivity contribution in [2.24, 2.45) is 0 Å². The van der Waals surface area contributed by atoms with E-state index in [9.17, 15) is 4.79 Å². The van der Waals surface area contributed by atoms with Crippen molar-refractivity contribution in [1.82, 2.24) is 14.8 Å². The third-order valence-corrected chi connectivity index (χ3v) is 6.62. The van der Waals surface area contributed by atoms with Crippen LogP contribution in [0.25, 0.3) is 26.6 Å². The summed E-state index contributed by atoms with van der Waals surface area (Å²) in [6.07, 6.45) is 0.926. The molecule has 0 bridgehead atoms. The lowest BCUT2D eigenvalue weighted by Gasteiger charge is -2.08. The molecular weight excluding hydrogens is 440 g/mol. The maximum Gasteiger partial charge on any atom is 0.213 e. The van der Waals surface area contributed by atoms with Crippen molar-refractivity contribution in [3.8, 4) is 16.4 Å². The van der Waals surface area contributed by atoms with E-state index in [0.29, 0.717) is 32.7 Å². The van der Waals surface area contributed by atoms with E-state index in [0.717, 1.165) is 22.3 Å². The summed E-state index contributed by atoms with van der Waals surface area (Å²) in [4.78, 5) is 18.2. The molecule has 32 heavy (non-hydrogen) atoms. The molecule has 5 aromatic rings. The van der Waals surface area contributed by atoms with E-state index >= 15 is 0 Å². The van der Waals surface area contributed by atoms with Gasteiger partial charge in [-0.05, 0) is 60.5 Å². The zero-order chi connectivity index (χ0) is 22.2. The van der Waals surface area contributed by atoms with Gasteiger partial charge in [0.05, 0.1) is 21.6 Å². The van der Waals surface area contributed by atoms with Gasteiger partial charge in [0, 0.05) is 10.6 Å². The lowest BCUT2D eigenvalue weighted by molar-refractivity contribution is 0.103. The molecule has 2 heterocycles. The van der Waals surface area contributed by atoms with E-state index in [4.69, 9.17) is 27.4 Å². The van der Waals surface area contributed by atoms with Crippen LogP contribution < -0.4 is 5.73 Å². The Labute approximate surface area is 194 Å². The molecule has 7 heteroatoms. The number of anilines is 1. The zero-order valence-corrected chi connectivity index (χ0v) is 18.8. The van der Waals surface area contributed by atoms with Crippen molar-refractivity contribution in [1.29, 1.82) is 0 Å². The fourth-order valence-corrected chi connectivity index (χ4v) is 4.67. The molecular formula is C25H19ClN4OS. The van der Waals surface area contributed by atoms with Crippen LogP contribution in [0.5, 0.6) is 0 Å². The van der Waals surface area contributed by atoms with E-state index in [-0.39, 0.29) is 5.78 Å². The van der Waals surface area contributed by atoms with Crippen molar-refractivity contribution in [2.75, 3.05) is 5.73 Å². The molecule has 0 radical (unpaired) electrons. The molecule has 158 valence electrons. The summed E-state index contributed by atoms with van der Waals surface area (Å²) in [5.41, 5.74) is 11.0. The van der Waals surface area contributed by atoms with Crippen molar-refractivity contribution < 1.29 is 4.79 Å². The van der Waals surface area contributed by atoms with Gasteiger partial charge in [-0.15, -0.1) is 11.3 Å². The van der Waals surface area contributed by atoms with Crippen LogP contribution in [0.4, 0.5) is 5.69 Å². The van der Waals surface area contributed by atoms with E-state index < -0.39 is 0 Å². The molecule has 2 N–H and O–H groups in total. The minimum atomic E-state index is -0.224. The standard InChI is InChI=1S/C25H19ClN4OS/c1-2-15-7-13-18(14-8-15)30-23(24(31)16-9-11-17(26)12-10-16)21(27)22(29-30)25-28-19-5-3-4-6-20(19)32-25/h3-14H,2,27H2,1H3. The van der Waals surface area contributed by atoms with E-state index in [1.165, 1.54) is 16.9 Å². The van der Waals surface area contributed by atoms with Crippen LogP contribution in [0.2, 0.25) is 5.02 Å². The van der Waals surface area contributed by atoms with Crippen LogP contribution >= 0.6 is 22.9 Å². The molecule has 0 aliphatic carbocycles. The lowest BCUT2D eigenvalue weighted by atomic mass is 10.1. The van der Waals surface area contributed by atoms with Gasteiger partial charge in [-0.2, -0.15) is 5.10 Å². The minimum Gasteiger partial charge on any atom is -0.395 e. The number of fused-ring (bicyclic) bond motifs is 1. The number of rotatable bonds is 5. The van der Waals surface area contributed by atoms with Crippen LogP contribution in [0, 0.1) is 0 Å². The second kappa shape index (κ2) is 8.22. The summed E-state index contributed by atoms with van der Waals surface area (Å²) in [7, 11) is 0. The number of ketones is 1. The first kappa shape index (κ1) is 20.4. The predicted molar refractivity (Wildman–Crippen MR) is 131 cm³/mol. The Kier molecular flexibility index (Phi) is 5.25. The maximum atomic E-state index is 13.5. The topological polar surface area (TPSA) is 73.8 Å². The number of para-hydroxylation sites is 1. The number of carbonyl (C=O) groups excluding carboxylic acids is 1. The molecule has 0 saturated heterocycles. The molecule has 0 unspecified atom stereocenters. The summed E-state index contributed by atoms with van der Waals surface area (Å²) in [5.74, 6) is -0.224. The van der Waals surface area contributed by atoms with Crippen molar-refractivity contribution in [3.63, 3.8) is 0 Å². The van der Waals surface area contributed by atoms with Crippen molar-refractivity contribution in [3.05, 3.63) is 94.6 Å². The molecule has 2 aromatic heterocycles. The highest BCUT2D eigenvalue weighted by molar-refractivity contribution is 7.21. The second-order valence-corrected chi connectivity index (χ2v) is 8.83. The number of hydrogen-bond donors (Lipinski definition) is 1. The highest BCUT2D eigenvalue weighted by atomic mass is 35.5. The summed E-state index contributed by atoms with van der Waals surface area (Å²) < 4.78 is 2.65. The number of thiazole rings is 1. The Morgan fingerprint density at radius 1 is 1.03 bits per heavy atom. The first-order valence-corrected chi connectivity index (χ1v) is 11.4. The minimum absolute atomic E-state index is 0.224. The van der Waals surface area contributed by atoms with Crippen LogP contribution in [0.3, 0.4) is 0 Å².